The van der Waals surface area contributed by atoms with Gasteiger partial charge in [-0.05, 0) is 60.8 Å². The van der Waals surface area contributed by atoms with Crippen LogP contribution in [0.25, 0.3) is 21.8 Å². The van der Waals surface area contributed by atoms with Crippen molar-refractivity contribution in [2.24, 2.45) is 5.73 Å². The Hall–Kier alpha value is -3.38. The molecule has 0 saturated carbocycles. The number of benzene rings is 3. The predicted octanol–water partition coefficient (Wildman–Crippen LogP) is 4.61. The number of amidine groups is 1. The minimum Gasteiger partial charge on any atom is -0.490 e. The van der Waals surface area contributed by atoms with Crippen molar-refractivity contribution in [3.05, 3.63) is 71.5 Å². The molecule has 5 rings (SSSR count). The summed E-state index contributed by atoms with van der Waals surface area (Å²) in [5.74, 6) is 2.10. The third-order valence-electron chi connectivity index (χ3n) is 6.49. The smallest absolute Gasteiger partial charge is 0.123 e. The monoisotopic (exact) mass is 441 g/mol. The van der Waals surface area contributed by atoms with Gasteiger partial charge in [0.05, 0.1) is 11.0 Å². The van der Waals surface area contributed by atoms with Gasteiger partial charge in [0.2, 0.25) is 0 Å². The van der Waals surface area contributed by atoms with E-state index in [-0.39, 0.29) is 11.9 Å². The van der Waals surface area contributed by atoms with E-state index in [0.29, 0.717) is 6.54 Å². The van der Waals surface area contributed by atoms with Gasteiger partial charge < -0.3 is 20.4 Å². The van der Waals surface area contributed by atoms with Crippen LogP contribution in [0.3, 0.4) is 0 Å². The first-order chi connectivity index (χ1) is 16.1. The van der Waals surface area contributed by atoms with Crippen LogP contribution in [0.5, 0.6) is 5.75 Å². The molecule has 0 unspecified atom stereocenters. The number of piperidine rings is 1. The molecular weight excluding hydrogens is 410 g/mol. The minimum absolute atomic E-state index is 0.0946. The summed E-state index contributed by atoms with van der Waals surface area (Å²) in [6, 6.07) is 18.5. The topological polar surface area (TPSA) is 89.0 Å². The fourth-order valence-corrected chi connectivity index (χ4v) is 4.83. The summed E-state index contributed by atoms with van der Waals surface area (Å²) in [4.78, 5) is 4.96. The number of nitrogen functional groups attached to an aromatic ring is 1. The molecule has 1 aliphatic heterocycles. The zero-order valence-corrected chi connectivity index (χ0v) is 19.1. The summed E-state index contributed by atoms with van der Waals surface area (Å²) in [7, 11) is 0. The summed E-state index contributed by atoms with van der Waals surface area (Å²) in [6.07, 6.45) is 4.28. The van der Waals surface area contributed by atoms with E-state index in [1.165, 1.54) is 5.56 Å². The molecule has 0 aliphatic carbocycles. The summed E-state index contributed by atoms with van der Waals surface area (Å²) >= 11 is 0. The predicted molar refractivity (Wildman–Crippen MR) is 134 cm³/mol. The number of rotatable bonds is 7. The average Bonchev–Trinajstić information content (AvgIpc) is 3.16. The van der Waals surface area contributed by atoms with E-state index in [2.05, 4.69) is 47.1 Å². The zero-order valence-electron chi connectivity index (χ0n) is 19.1. The molecule has 170 valence electrons. The summed E-state index contributed by atoms with van der Waals surface area (Å²) in [6.45, 7) is 4.91. The molecule has 1 aliphatic rings. The molecule has 4 N–H and O–H groups in total. The lowest BCUT2D eigenvalue weighted by molar-refractivity contribution is 0.162. The molecule has 2 heterocycles. The van der Waals surface area contributed by atoms with Crippen molar-refractivity contribution >= 4 is 27.6 Å². The molecule has 0 bridgehead atoms. The molecule has 4 aromatic rings. The average molecular weight is 442 g/mol. The lowest BCUT2D eigenvalue weighted by Crippen LogP contribution is -2.34. The first-order valence-corrected chi connectivity index (χ1v) is 11.9. The SMILES string of the molecule is CCCc1nc2ccc(OC3CCNCC3)cc2n1Cc1ccc(C(=N)N)c2ccccc12. The van der Waals surface area contributed by atoms with E-state index in [9.17, 15) is 0 Å². The number of nitrogens with two attached hydrogens (primary N) is 1. The Morgan fingerprint density at radius 2 is 1.91 bits per heavy atom. The standard InChI is InChI=1S/C27H31N5O/c1-2-5-26-31-24-11-9-20(33-19-12-14-30-15-13-19)16-25(24)32(26)17-18-8-10-23(27(28)29)22-7-4-3-6-21(18)22/h3-4,6-11,16,19,30H,2,5,12-15,17H2,1H3,(H3,28,29). The first kappa shape index (κ1) is 21.5. The number of aromatic nitrogens is 2. The summed E-state index contributed by atoms with van der Waals surface area (Å²) in [5, 5.41) is 13.5. The largest absolute Gasteiger partial charge is 0.490 e. The maximum Gasteiger partial charge on any atom is 0.123 e. The minimum atomic E-state index is 0.0946. The highest BCUT2D eigenvalue weighted by atomic mass is 16.5. The number of hydrogen-bond donors (Lipinski definition) is 3. The van der Waals surface area contributed by atoms with Crippen molar-refractivity contribution in [3.63, 3.8) is 0 Å². The van der Waals surface area contributed by atoms with Gasteiger partial charge in [-0.1, -0.05) is 43.3 Å². The third kappa shape index (κ3) is 4.31. The van der Waals surface area contributed by atoms with E-state index in [0.717, 1.165) is 77.7 Å². The van der Waals surface area contributed by atoms with Crippen molar-refractivity contribution < 1.29 is 4.74 Å². The molecule has 0 radical (unpaired) electrons. The van der Waals surface area contributed by atoms with Crippen LogP contribution >= 0.6 is 0 Å². The Morgan fingerprint density at radius 1 is 1.12 bits per heavy atom. The van der Waals surface area contributed by atoms with E-state index < -0.39 is 0 Å². The molecule has 3 aromatic carbocycles. The van der Waals surface area contributed by atoms with Gasteiger partial charge in [0.1, 0.15) is 23.5 Å². The highest BCUT2D eigenvalue weighted by Crippen LogP contribution is 2.28. The lowest BCUT2D eigenvalue weighted by Gasteiger charge is -2.23. The van der Waals surface area contributed by atoms with E-state index in [4.69, 9.17) is 20.9 Å². The zero-order chi connectivity index (χ0) is 22.8. The number of aryl methyl sites for hydroxylation is 1. The van der Waals surface area contributed by atoms with Crippen LogP contribution < -0.4 is 15.8 Å². The number of fused-ring (bicyclic) bond motifs is 2. The number of nitrogens with one attached hydrogen (secondary N) is 2. The molecule has 0 atom stereocenters. The number of ether oxygens (including phenoxy) is 1. The fraction of sp³-hybridized carbons (Fsp3) is 0.333. The van der Waals surface area contributed by atoms with Gasteiger partial charge in [-0.2, -0.15) is 0 Å². The Bertz CT molecular complexity index is 1300. The van der Waals surface area contributed by atoms with Crippen molar-refractivity contribution in [2.75, 3.05) is 13.1 Å². The van der Waals surface area contributed by atoms with Crippen molar-refractivity contribution in [2.45, 2.75) is 45.3 Å². The number of nitrogens with zero attached hydrogens (tertiary/aromatic N) is 2. The van der Waals surface area contributed by atoms with E-state index in [1.54, 1.807) is 0 Å². The molecule has 0 spiro atoms. The Balaban J connectivity index is 1.56. The summed E-state index contributed by atoms with van der Waals surface area (Å²) in [5.41, 5.74) is 9.92. The Kier molecular flexibility index (Phi) is 6.01. The van der Waals surface area contributed by atoms with Crippen LogP contribution in [0.15, 0.2) is 54.6 Å². The van der Waals surface area contributed by atoms with E-state index >= 15 is 0 Å². The van der Waals surface area contributed by atoms with Crippen LogP contribution in [0.4, 0.5) is 0 Å². The van der Waals surface area contributed by atoms with Gasteiger partial charge >= 0.3 is 0 Å². The van der Waals surface area contributed by atoms with Gasteiger partial charge in [0.15, 0.2) is 0 Å². The Morgan fingerprint density at radius 3 is 2.67 bits per heavy atom. The fourth-order valence-electron chi connectivity index (χ4n) is 4.83. The maximum atomic E-state index is 7.96. The first-order valence-electron chi connectivity index (χ1n) is 11.9. The highest BCUT2D eigenvalue weighted by molar-refractivity contribution is 6.08. The lowest BCUT2D eigenvalue weighted by atomic mass is 9.98. The molecule has 1 fully saturated rings. The normalized spacial score (nSPS) is 14.7. The molecule has 0 amide bonds. The quantitative estimate of drug-likeness (QED) is 0.289. The van der Waals surface area contributed by atoms with Gasteiger partial charge in [-0.15, -0.1) is 0 Å². The number of hydrogen-bond acceptors (Lipinski definition) is 4. The maximum absolute atomic E-state index is 7.96. The molecule has 1 saturated heterocycles. The van der Waals surface area contributed by atoms with Crippen molar-refractivity contribution in [1.82, 2.24) is 14.9 Å². The molecule has 6 heteroatoms. The van der Waals surface area contributed by atoms with Gasteiger partial charge in [0.25, 0.3) is 0 Å². The molecule has 6 nitrogen and oxygen atoms in total. The molecule has 33 heavy (non-hydrogen) atoms. The van der Waals surface area contributed by atoms with Gasteiger partial charge in [0, 0.05) is 24.6 Å². The van der Waals surface area contributed by atoms with E-state index in [1.807, 2.05) is 24.3 Å². The van der Waals surface area contributed by atoms with Gasteiger partial charge in [-0.3, -0.25) is 5.41 Å². The second-order valence-corrected chi connectivity index (χ2v) is 8.81. The second kappa shape index (κ2) is 9.24. The van der Waals surface area contributed by atoms with Crippen LogP contribution in [-0.2, 0) is 13.0 Å². The second-order valence-electron chi connectivity index (χ2n) is 8.81. The van der Waals surface area contributed by atoms with Gasteiger partial charge in [-0.25, -0.2) is 4.98 Å². The van der Waals surface area contributed by atoms with Crippen LogP contribution in [0.1, 0.15) is 43.1 Å². The van der Waals surface area contributed by atoms with Crippen molar-refractivity contribution in [3.8, 4) is 5.75 Å². The third-order valence-corrected chi connectivity index (χ3v) is 6.49. The van der Waals surface area contributed by atoms with Crippen LogP contribution in [0.2, 0.25) is 0 Å². The van der Waals surface area contributed by atoms with Crippen molar-refractivity contribution in [1.29, 1.82) is 5.41 Å². The highest BCUT2D eigenvalue weighted by Gasteiger charge is 2.17. The van der Waals surface area contributed by atoms with Crippen LogP contribution in [0, 0.1) is 5.41 Å². The van der Waals surface area contributed by atoms with Crippen LogP contribution in [-0.4, -0.2) is 34.6 Å². The Labute approximate surface area is 194 Å². The number of imidazole rings is 1. The molecule has 1 aromatic heterocycles. The summed E-state index contributed by atoms with van der Waals surface area (Å²) < 4.78 is 8.65. The molecular formula is C27H31N5O.